The van der Waals surface area contributed by atoms with E-state index < -0.39 is 23.4 Å². The predicted octanol–water partition coefficient (Wildman–Crippen LogP) is 1.31. The minimum atomic E-state index is -1.64. The van der Waals surface area contributed by atoms with Gasteiger partial charge in [-0.05, 0) is 19.1 Å². The van der Waals surface area contributed by atoms with Crippen LogP contribution < -0.4 is 5.32 Å². The summed E-state index contributed by atoms with van der Waals surface area (Å²) in [5.41, 5.74) is -0.386. The molecule has 0 heterocycles. The van der Waals surface area contributed by atoms with E-state index in [1.54, 1.807) is 14.0 Å². The lowest BCUT2D eigenvalue weighted by atomic mass is 10.2. The van der Waals surface area contributed by atoms with E-state index in [4.69, 9.17) is 0 Å². The maximum Gasteiger partial charge on any atom is 0.251 e. The molecule has 4 nitrogen and oxygen atoms in total. The van der Waals surface area contributed by atoms with E-state index in [0.29, 0.717) is 18.7 Å². The van der Waals surface area contributed by atoms with Gasteiger partial charge in [-0.15, -0.1) is 0 Å². The van der Waals surface area contributed by atoms with Crippen molar-refractivity contribution < 1.29 is 22.8 Å². The summed E-state index contributed by atoms with van der Waals surface area (Å²) in [7, 11) is 1.55. The highest BCUT2D eigenvalue weighted by Crippen LogP contribution is 2.13. The first-order chi connectivity index (χ1) is 8.86. The van der Waals surface area contributed by atoms with Gasteiger partial charge in [0.25, 0.3) is 5.91 Å². The van der Waals surface area contributed by atoms with Crippen molar-refractivity contribution in [3.05, 3.63) is 35.1 Å². The quantitative estimate of drug-likeness (QED) is 0.842. The zero-order valence-electron chi connectivity index (χ0n) is 10.5. The van der Waals surface area contributed by atoms with Gasteiger partial charge in [0.15, 0.2) is 17.5 Å². The van der Waals surface area contributed by atoms with Crippen molar-refractivity contribution in [3.63, 3.8) is 0 Å². The van der Waals surface area contributed by atoms with Crippen LogP contribution in [-0.4, -0.2) is 36.9 Å². The highest BCUT2D eigenvalue weighted by molar-refractivity contribution is 5.96. The van der Waals surface area contributed by atoms with Gasteiger partial charge in [0.2, 0.25) is 5.91 Å². The van der Waals surface area contributed by atoms with Gasteiger partial charge < -0.3 is 10.2 Å². The number of likely N-dealkylation sites (N-methyl/N-ethyl adjacent to an activating group) is 1. The molecular formula is C12H13F3N2O2. The average Bonchev–Trinajstić information content (AvgIpc) is 2.39. The fourth-order valence-electron chi connectivity index (χ4n) is 1.26. The molecule has 0 unspecified atom stereocenters. The smallest absolute Gasteiger partial charge is 0.251 e. The molecule has 0 aliphatic carbocycles. The number of carbonyl (C=O) groups excluding carboxylic acids is 2. The molecule has 0 atom stereocenters. The molecular weight excluding hydrogens is 261 g/mol. The zero-order valence-corrected chi connectivity index (χ0v) is 10.5. The van der Waals surface area contributed by atoms with Crippen LogP contribution in [0.1, 0.15) is 17.3 Å². The summed E-state index contributed by atoms with van der Waals surface area (Å²) in [5, 5.41) is 2.20. The molecule has 0 aliphatic rings. The Hall–Kier alpha value is -2.05. The molecule has 0 fully saturated rings. The number of hydrogen-bond donors (Lipinski definition) is 1. The van der Waals surface area contributed by atoms with Gasteiger partial charge in [0.05, 0.1) is 6.54 Å². The van der Waals surface area contributed by atoms with Crippen LogP contribution in [0.5, 0.6) is 0 Å². The van der Waals surface area contributed by atoms with Crippen LogP contribution in [0.25, 0.3) is 0 Å². The molecule has 0 saturated heterocycles. The molecule has 19 heavy (non-hydrogen) atoms. The third-order valence-electron chi connectivity index (χ3n) is 2.55. The third kappa shape index (κ3) is 3.70. The SMILES string of the molecule is CCN(C)C(=O)CNC(=O)c1cc(F)c(F)c(F)c1. The first-order valence-electron chi connectivity index (χ1n) is 5.53. The van der Waals surface area contributed by atoms with Crippen molar-refractivity contribution in [3.8, 4) is 0 Å². The van der Waals surface area contributed by atoms with Crippen LogP contribution >= 0.6 is 0 Å². The van der Waals surface area contributed by atoms with Crippen LogP contribution in [0, 0.1) is 17.5 Å². The summed E-state index contributed by atoms with van der Waals surface area (Å²) >= 11 is 0. The third-order valence-corrected chi connectivity index (χ3v) is 2.55. The Morgan fingerprint density at radius 2 is 1.74 bits per heavy atom. The van der Waals surface area contributed by atoms with Gasteiger partial charge in [0, 0.05) is 19.2 Å². The molecule has 104 valence electrons. The van der Waals surface area contributed by atoms with Gasteiger partial charge in [-0.1, -0.05) is 0 Å². The maximum atomic E-state index is 12.9. The molecule has 1 aromatic rings. The van der Waals surface area contributed by atoms with Crippen LogP contribution in [-0.2, 0) is 4.79 Å². The van der Waals surface area contributed by atoms with E-state index in [1.807, 2.05) is 0 Å². The molecule has 7 heteroatoms. The fourth-order valence-corrected chi connectivity index (χ4v) is 1.26. The second-order valence-corrected chi connectivity index (χ2v) is 3.84. The van der Waals surface area contributed by atoms with E-state index in [9.17, 15) is 22.8 Å². The highest BCUT2D eigenvalue weighted by Gasteiger charge is 2.16. The number of nitrogens with one attached hydrogen (secondary N) is 1. The van der Waals surface area contributed by atoms with E-state index in [2.05, 4.69) is 5.32 Å². The van der Waals surface area contributed by atoms with Crippen molar-refractivity contribution in [2.24, 2.45) is 0 Å². The number of amides is 2. The minimum absolute atomic E-state index is 0.302. The van der Waals surface area contributed by atoms with Gasteiger partial charge in [-0.25, -0.2) is 13.2 Å². The number of hydrogen-bond acceptors (Lipinski definition) is 2. The zero-order chi connectivity index (χ0) is 14.6. The lowest BCUT2D eigenvalue weighted by Crippen LogP contribution is -2.38. The lowest BCUT2D eigenvalue weighted by molar-refractivity contribution is -0.128. The summed E-state index contributed by atoms with van der Waals surface area (Å²) in [6, 6.07) is 1.14. The first-order valence-corrected chi connectivity index (χ1v) is 5.53. The minimum Gasteiger partial charge on any atom is -0.345 e. The molecule has 1 N–H and O–H groups in total. The topological polar surface area (TPSA) is 49.4 Å². The van der Waals surface area contributed by atoms with Crippen molar-refractivity contribution in [2.75, 3.05) is 20.1 Å². The van der Waals surface area contributed by atoms with Crippen molar-refractivity contribution >= 4 is 11.8 Å². The second-order valence-electron chi connectivity index (χ2n) is 3.84. The predicted molar refractivity (Wildman–Crippen MR) is 62.0 cm³/mol. The number of rotatable bonds is 4. The Balaban J connectivity index is 2.72. The molecule has 0 spiro atoms. The Morgan fingerprint density at radius 3 is 2.21 bits per heavy atom. The molecule has 0 bridgehead atoms. The summed E-state index contributed by atoms with van der Waals surface area (Å²) in [5.74, 6) is -5.75. The van der Waals surface area contributed by atoms with E-state index in [1.165, 1.54) is 4.90 Å². The summed E-state index contributed by atoms with van der Waals surface area (Å²) in [6.45, 7) is 1.92. The van der Waals surface area contributed by atoms with Crippen LogP contribution in [0.2, 0.25) is 0 Å². The van der Waals surface area contributed by atoms with Gasteiger partial charge >= 0.3 is 0 Å². The second kappa shape index (κ2) is 6.21. The van der Waals surface area contributed by atoms with Crippen LogP contribution in [0.4, 0.5) is 13.2 Å². The Kier molecular flexibility index (Phi) is 4.91. The van der Waals surface area contributed by atoms with Crippen LogP contribution in [0.15, 0.2) is 12.1 Å². The summed E-state index contributed by atoms with van der Waals surface area (Å²) in [6.07, 6.45) is 0. The number of carbonyl (C=O) groups is 2. The molecule has 0 saturated carbocycles. The number of nitrogens with zero attached hydrogens (tertiary/aromatic N) is 1. The normalized spacial score (nSPS) is 10.2. The number of halogens is 3. The van der Waals surface area contributed by atoms with Crippen molar-refractivity contribution in [1.82, 2.24) is 10.2 Å². The Bertz CT molecular complexity index is 483. The Labute approximate surface area is 108 Å². The molecule has 0 radical (unpaired) electrons. The average molecular weight is 274 g/mol. The molecule has 1 rings (SSSR count). The van der Waals surface area contributed by atoms with Crippen molar-refractivity contribution in [2.45, 2.75) is 6.92 Å². The largest absolute Gasteiger partial charge is 0.345 e. The van der Waals surface area contributed by atoms with Gasteiger partial charge in [0.1, 0.15) is 0 Å². The molecule has 0 aromatic heterocycles. The molecule has 2 amide bonds. The lowest BCUT2D eigenvalue weighted by Gasteiger charge is -2.14. The van der Waals surface area contributed by atoms with Gasteiger partial charge in [-0.3, -0.25) is 9.59 Å². The summed E-state index contributed by atoms with van der Waals surface area (Å²) < 4.78 is 38.5. The number of benzene rings is 1. The van der Waals surface area contributed by atoms with E-state index in [0.717, 1.165) is 0 Å². The Morgan fingerprint density at radius 1 is 1.21 bits per heavy atom. The van der Waals surface area contributed by atoms with Crippen LogP contribution in [0.3, 0.4) is 0 Å². The van der Waals surface area contributed by atoms with E-state index >= 15 is 0 Å². The maximum absolute atomic E-state index is 12.9. The molecule has 1 aromatic carbocycles. The summed E-state index contributed by atoms with van der Waals surface area (Å²) in [4.78, 5) is 24.3. The molecule has 0 aliphatic heterocycles. The monoisotopic (exact) mass is 274 g/mol. The highest BCUT2D eigenvalue weighted by atomic mass is 19.2. The fraction of sp³-hybridized carbons (Fsp3) is 0.333. The van der Waals surface area contributed by atoms with Gasteiger partial charge in [-0.2, -0.15) is 0 Å². The standard InChI is InChI=1S/C12H13F3N2O2/c1-3-17(2)10(18)6-16-12(19)7-4-8(13)11(15)9(14)5-7/h4-5H,3,6H2,1-2H3,(H,16,19). The van der Waals surface area contributed by atoms with E-state index in [-0.39, 0.29) is 18.0 Å². The first kappa shape index (κ1) is 15.0. The van der Waals surface area contributed by atoms with Crippen molar-refractivity contribution in [1.29, 1.82) is 0 Å².